The van der Waals surface area contributed by atoms with Gasteiger partial charge in [0.25, 0.3) is 0 Å². The Morgan fingerprint density at radius 2 is 2.08 bits per heavy atom. The molecule has 0 aromatic rings. The Kier molecular flexibility index (Phi) is 4.24. The van der Waals surface area contributed by atoms with Crippen molar-refractivity contribution in [1.82, 2.24) is 5.43 Å². The highest BCUT2D eigenvalue weighted by molar-refractivity contribution is 5.77. The van der Waals surface area contributed by atoms with Crippen LogP contribution in [0.1, 0.15) is 13.3 Å². The summed E-state index contributed by atoms with van der Waals surface area (Å²) < 4.78 is 0. The Balaban J connectivity index is 4.11. The third-order valence-electron chi connectivity index (χ3n) is 1.54. The summed E-state index contributed by atoms with van der Waals surface area (Å²) in [4.78, 5) is 20.9. The van der Waals surface area contributed by atoms with Gasteiger partial charge in [-0.05, 0) is 5.92 Å². The number of amides is 1. The lowest BCUT2D eigenvalue weighted by Gasteiger charge is -2.17. The van der Waals surface area contributed by atoms with Crippen LogP contribution in [0, 0.1) is 5.92 Å². The van der Waals surface area contributed by atoms with E-state index in [2.05, 4.69) is 5.43 Å². The number of nitrogens with one attached hydrogen (secondary N) is 1. The molecule has 0 aromatic carbocycles. The zero-order valence-electron chi connectivity index (χ0n) is 6.78. The first kappa shape index (κ1) is 10.9. The number of hydrogen-bond donors (Lipinski definition) is 4. The lowest BCUT2D eigenvalue weighted by Crippen LogP contribution is -2.46. The fraction of sp³-hybridized carbons (Fsp3) is 0.667. The molecule has 0 saturated carbocycles. The van der Waals surface area contributed by atoms with E-state index in [0.717, 1.165) is 0 Å². The van der Waals surface area contributed by atoms with Crippen LogP contribution in [0.4, 0.5) is 0 Å². The van der Waals surface area contributed by atoms with Crippen LogP contribution >= 0.6 is 0 Å². The van der Waals surface area contributed by atoms with Crippen LogP contribution in [-0.4, -0.2) is 23.0 Å². The standard InChI is InChI=1S/C6H13N3O3/c1-3(2-4(7)10)5(9-8)6(11)12/h3,5,9H,2,8H2,1H3,(H2,7,10)(H,11,12)/t3?,5-/m0/s1. The molecule has 2 atom stereocenters. The molecule has 0 saturated heterocycles. The zero-order chi connectivity index (χ0) is 9.72. The number of carbonyl (C=O) groups is 2. The van der Waals surface area contributed by atoms with E-state index in [0.29, 0.717) is 0 Å². The summed E-state index contributed by atoms with van der Waals surface area (Å²) in [6.07, 6.45) is 0.00116. The monoisotopic (exact) mass is 175 g/mol. The third kappa shape index (κ3) is 3.31. The number of hydrazine groups is 1. The van der Waals surface area contributed by atoms with Crippen molar-refractivity contribution >= 4 is 11.9 Å². The Bertz CT molecular complexity index is 183. The number of nitrogens with two attached hydrogens (primary N) is 2. The van der Waals surface area contributed by atoms with Crippen LogP contribution in [-0.2, 0) is 9.59 Å². The molecule has 0 aromatic heterocycles. The van der Waals surface area contributed by atoms with Gasteiger partial charge in [0.05, 0.1) is 0 Å². The van der Waals surface area contributed by atoms with Gasteiger partial charge in [0.15, 0.2) is 0 Å². The van der Waals surface area contributed by atoms with Crippen LogP contribution in [0.3, 0.4) is 0 Å². The highest BCUT2D eigenvalue weighted by atomic mass is 16.4. The number of hydrogen-bond acceptors (Lipinski definition) is 4. The third-order valence-corrected chi connectivity index (χ3v) is 1.54. The molecule has 0 aliphatic heterocycles. The predicted octanol–water partition coefficient (Wildman–Crippen LogP) is -1.59. The summed E-state index contributed by atoms with van der Waals surface area (Å²) in [6, 6.07) is -0.933. The minimum Gasteiger partial charge on any atom is -0.480 e. The SMILES string of the molecule is CC(CC(N)=O)[C@H](NN)C(=O)O. The Hall–Kier alpha value is -1.14. The molecule has 70 valence electrons. The van der Waals surface area contributed by atoms with Gasteiger partial charge in [-0.1, -0.05) is 6.92 Å². The quantitative estimate of drug-likeness (QED) is 0.297. The fourth-order valence-corrected chi connectivity index (χ4v) is 0.914. The van der Waals surface area contributed by atoms with Crippen molar-refractivity contribution < 1.29 is 14.7 Å². The van der Waals surface area contributed by atoms with Crippen molar-refractivity contribution in [3.63, 3.8) is 0 Å². The highest BCUT2D eigenvalue weighted by Crippen LogP contribution is 2.06. The number of carbonyl (C=O) groups excluding carboxylic acids is 1. The van der Waals surface area contributed by atoms with E-state index in [1.54, 1.807) is 6.92 Å². The first-order chi connectivity index (χ1) is 5.49. The number of carboxylic acids is 1. The molecule has 6 N–H and O–H groups in total. The molecule has 6 nitrogen and oxygen atoms in total. The van der Waals surface area contributed by atoms with Crippen molar-refractivity contribution in [3.05, 3.63) is 0 Å². The summed E-state index contributed by atoms with van der Waals surface area (Å²) in [5, 5.41) is 8.56. The van der Waals surface area contributed by atoms with Gasteiger partial charge in [-0.25, -0.2) is 5.43 Å². The van der Waals surface area contributed by atoms with E-state index in [-0.39, 0.29) is 6.42 Å². The topological polar surface area (TPSA) is 118 Å². The maximum Gasteiger partial charge on any atom is 0.322 e. The van der Waals surface area contributed by atoms with Gasteiger partial charge < -0.3 is 10.8 Å². The van der Waals surface area contributed by atoms with Crippen LogP contribution in [0.2, 0.25) is 0 Å². The first-order valence-corrected chi connectivity index (χ1v) is 3.46. The largest absolute Gasteiger partial charge is 0.480 e. The lowest BCUT2D eigenvalue weighted by molar-refractivity contribution is -0.141. The van der Waals surface area contributed by atoms with Crippen molar-refractivity contribution in [2.75, 3.05) is 0 Å². The maximum atomic E-state index is 10.5. The number of carboxylic acid groups (broad SMARTS) is 1. The van der Waals surface area contributed by atoms with Gasteiger partial charge in [0, 0.05) is 6.42 Å². The van der Waals surface area contributed by atoms with Crippen molar-refractivity contribution in [3.8, 4) is 0 Å². The molecule has 1 amide bonds. The smallest absolute Gasteiger partial charge is 0.322 e. The summed E-state index contributed by atoms with van der Waals surface area (Å²) in [7, 11) is 0. The molecular weight excluding hydrogens is 162 g/mol. The maximum absolute atomic E-state index is 10.5. The molecule has 1 unspecified atom stereocenters. The molecule has 0 aliphatic rings. The van der Waals surface area contributed by atoms with Gasteiger partial charge in [0.1, 0.15) is 6.04 Å². The average molecular weight is 175 g/mol. The lowest BCUT2D eigenvalue weighted by atomic mass is 9.99. The Labute approximate surface area is 69.9 Å². The Morgan fingerprint density at radius 3 is 2.33 bits per heavy atom. The highest BCUT2D eigenvalue weighted by Gasteiger charge is 2.24. The number of rotatable bonds is 5. The van der Waals surface area contributed by atoms with Gasteiger partial charge in [-0.15, -0.1) is 0 Å². The second kappa shape index (κ2) is 4.68. The molecule has 0 rings (SSSR count). The van der Waals surface area contributed by atoms with Crippen LogP contribution in [0.25, 0.3) is 0 Å². The first-order valence-electron chi connectivity index (χ1n) is 3.46. The summed E-state index contributed by atoms with van der Waals surface area (Å²) in [5.41, 5.74) is 6.98. The minimum absolute atomic E-state index is 0.00116. The summed E-state index contributed by atoms with van der Waals surface area (Å²) in [5.74, 6) is 2.93. The summed E-state index contributed by atoms with van der Waals surface area (Å²) >= 11 is 0. The van der Waals surface area contributed by atoms with Gasteiger partial charge in [-0.2, -0.15) is 0 Å². The Morgan fingerprint density at radius 1 is 1.58 bits per heavy atom. The molecule has 6 heteroatoms. The molecule has 0 aliphatic carbocycles. The van der Waals surface area contributed by atoms with E-state index >= 15 is 0 Å². The van der Waals surface area contributed by atoms with Gasteiger partial charge >= 0.3 is 5.97 Å². The molecule has 0 radical (unpaired) electrons. The second-order valence-corrected chi connectivity index (χ2v) is 2.63. The molecule has 0 heterocycles. The van der Waals surface area contributed by atoms with E-state index in [4.69, 9.17) is 16.7 Å². The van der Waals surface area contributed by atoms with Crippen LogP contribution < -0.4 is 17.0 Å². The molecule has 0 fully saturated rings. The fourth-order valence-electron chi connectivity index (χ4n) is 0.914. The summed E-state index contributed by atoms with van der Waals surface area (Å²) in [6.45, 7) is 1.59. The minimum atomic E-state index is -1.09. The number of primary amides is 1. The average Bonchev–Trinajstić information content (AvgIpc) is 1.85. The second-order valence-electron chi connectivity index (χ2n) is 2.63. The van der Waals surface area contributed by atoms with Crippen molar-refractivity contribution in [2.45, 2.75) is 19.4 Å². The van der Waals surface area contributed by atoms with Gasteiger partial charge in [0.2, 0.25) is 5.91 Å². The molecule has 0 bridgehead atoms. The van der Waals surface area contributed by atoms with Crippen LogP contribution in [0.5, 0.6) is 0 Å². The molecular formula is C6H13N3O3. The van der Waals surface area contributed by atoms with E-state index in [1.165, 1.54) is 0 Å². The van der Waals surface area contributed by atoms with E-state index in [1.807, 2.05) is 0 Å². The number of aliphatic carboxylic acids is 1. The van der Waals surface area contributed by atoms with E-state index < -0.39 is 23.8 Å². The normalized spacial score (nSPS) is 15.2. The van der Waals surface area contributed by atoms with Crippen molar-refractivity contribution in [1.29, 1.82) is 0 Å². The van der Waals surface area contributed by atoms with E-state index in [9.17, 15) is 9.59 Å². The van der Waals surface area contributed by atoms with Crippen LogP contribution in [0.15, 0.2) is 0 Å². The van der Waals surface area contributed by atoms with Crippen molar-refractivity contribution in [2.24, 2.45) is 17.5 Å². The molecule has 0 spiro atoms. The zero-order valence-corrected chi connectivity index (χ0v) is 6.78. The predicted molar refractivity (Wildman–Crippen MR) is 41.7 cm³/mol. The molecule has 12 heavy (non-hydrogen) atoms. The van der Waals surface area contributed by atoms with Gasteiger partial charge in [-0.3, -0.25) is 15.4 Å².